The third kappa shape index (κ3) is 5.07. The molecule has 1 amide bonds. The van der Waals surface area contributed by atoms with Gasteiger partial charge in [-0.2, -0.15) is 5.10 Å². The van der Waals surface area contributed by atoms with Gasteiger partial charge in [-0.1, -0.05) is 24.3 Å². The van der Waals surface area contributed by atoms with Crippen LogP contribution in [0.15, 0.2) is 79.3 Å². The molecule has 1 fully saturated rings. The van der Waals surface area contributed by atoms with E-state index in [-0.39, 0.29) is 11.9 Å². The number of hydrogen-bond donors (Lipinski definition) is 0. The first-order valence-electron chi connectivity index (χ1n) is 11.7. The van der Waals surface area contributed by atoms with Crippen LogP contribution in [0, 0.1) is 0 Å². The summed E-state index contributed by atoms with van der Waals surface area (Å²) in [6.45, 7) is 2.04. The van der Waals surface area contributed by atoms with Crippen LogP contribution in [0.2, 0.25) is 0 Å². The van der Waals surface area contributed by atoms with E-state index in [0.717, 1.165) is 46.8 Å². The molecule has 0 aliphatic carbocycles. The second-order valence-corrected chi connectivity index (χ2v) is 8.88. The van der Waals surface area contributed by atoms with Crippen LogP contribution in [0.25, 0.3) is 22.3 Å². The van der Waals surface area contributed by atoms with Gasteiger partial charge in [-0.3, -0.25) is 4.79 Å². The third-order valence-corrected chi connectivity index (χ3v) is 6.03. The van der Waals surface area contributed by atoms with Crippen LogP contribution in [0.5, 0.6) is 11.5 Å². The summed E-state index contributed by atoms with van der Waals surface area (Å²) in [6.07, 6.45) is 7.74. The van der Waals surface area contributed by atoms with Crippen molar-refractivity contribution in [2.75, 3.05) is 33.7 Å². The summed E-state index contributed by atoms with van der Waals surface area (Å²) in [5.74, 6) is 1.59. The Morgan fingerprint density at radius 1 is 1.11 bits per heavy atom. The third-order valence-electron chi connectivity index (χ3n) is 6.03. The van der Waals surface area contributed by atoms with Crippen molar-refractivity contribution in [3.8, 4) is 22.8 Å². The number of fused-ring (bicyclic) bond motifs is 1. The number of para-hydroxylation sites is 1. The molecule has 1 aliphatic heterocycles. The number of benzene rings is 2. The van der Waals surface area contributed by atoms with Crippen LogP contribution < -0.4 is 4.74 Å². The first kappa shape index (κ1) is 22.7. The van der Waals surface area contributed by atoms with Gasteiger partial charge in [0.1, 0.15) is 23.5 Å². The number of likely N-dealkylation sites (tertiary alicyclic amines) is 1. The summed E-state index contributed by atoms with van der Waals surface area (Å²) in [5.41, 5.74) is 2.56. The van der Waals surface area contributed by atoms with Gasteiger partial charge < -0.3 is 14.5 Å². The number of nitrogens with zero attached hydrogens (tertiary/aromatic N) is 6. The lowest BCUT2D eigenvalue weighted by Crippen LogP contribution is -2.28. The lowest BCUT2D eigenvalue weighted by Gasteiger charge is -2.15. The lowest BCUT2D eigenvalue weighted by molar-refractivity contribution is -0.125. The van der Waals surface area contributed by atoms with Crippen molar-refractivity contribution in [1.29, 1.82) is 0 Å². The maximum Gasteiger partial charge on any atom is 0.246 e. The van der Waals surface area contributed by atoms with Gasteiger partial charge in [0.2, 0.25) is 5.91 Å². The Balaban J connectivity index is 1.37. The quantitative estimate of drug-likeness (QED) is 0.379. The predicted molar refractivity (Wildman–Crippen MR) is 135 cm³/mol. The number of carbonyl (C=O) groups is 1. The van der Waals surface area contributed by atoms with E-state index in [1.54, 1.807) is 18.6 Å². The fourth-order valence-electron chi connectivity index (χ4n) is 4.27. The monoisotopic (exact) mass is 468 g/mol. The fourth-order valence-corrected chi connectivity index (χ4v) is 4.27. The molecule has 0 N–H and O–H groups in total. The molecule has 0 bridgehead atoms. The Kier molecular flexibility index (Phi) is 6.54. The van der Waals surface area contributed by atoms with Gasteiger partial charge in [0.05, 0.1) is 11.4 Å². The molecule has 0 saturated carbocycles. The minimum atomic E-state index is 0.0367. The maximum atomic E-state index is 12.6. The largest absolute Gasteiger partial charge is 0.457 e. The number of likely N-dealkylation sites (N-methyl/N-ethyl adjacent to an activating group) is 1. The molecule has 3 heterocycles. The first-order chi connectivity index (χ1) is 17.1. The molecule has 35 heavy (non-hydrogen) atoms. The molecule has 2 aromatic heterocycles. The van der Waals surface area contributed by atoms with Crippen molar-refractivity contribution in [3.05, 3.63) is 79.3 Å². The summed E-state index contributed by atoms with van der Waals surface area (Å²) >= 11 is 0. The SMILES string of the molecule is CN(C)C/C=C/C(=O)N1CC[C@H](n2nc(-c3ccc(Oc4ccccc4)cc3)c3cncnc32)C1. The van der Waals surface area contributed by atoms with Crippen LogP contribution in [-0.2, 0) is 4.79 Å². The van der Waals surface area contributed by atoms with E-state index in [1.165, 1.54) is 0 Å². The molecule has 5 rings (SSSR count). The molecule has 8 heteroatoms. The van der Waals surface area contributed by atoms with Crippen molar-refractivity contribution in [3.63, 3.8) is 0 Å². The zero-order chi connectivity index (χ0) is 24.2. The van der Waals surface area contributed by atoms with Gasteiger partial charge in [0, 0.05) is 37.5 Å². The average molecular weight is 469 g/mol. The van der Waals surface area contributed by atoms with E-state index in [2.05, 4.69) is 9.97 Å². The normalized spacial score (nSPS) is 16.0. The van der Waals surface area contributed by atoms with Crippen LogP contribution in [0.3, 0.4) is 0 Å². The van der Waals surface area contributed by atoms with E-state index >= 15 is 0 Å². The van der Waals surface area contributed by atoms with Crippen LogP contribution >= 0.6 is 0 Å². The predicted octanol–water partition coefficient (Wildman–Crippen LogP) is 4.18. The van der Waals surface area contributed by atoms with Crippen molar-refractivity contribution >= 4 is 16.9 Å². The summed E-state index contributed by atoms with van der Waals surface area (Å²) in [7, 11) is 3.96. The number of ether oxygens (including phenoxy) is 1. The van der Waals surface area contributed by atoms with E-state index in [9.17, 15) is 4.79 Å². The highest BCUT2D eigenvalue weighted by atomic mass is 16.5. The highest BCUT2D eigenvalue weighted by Crippen LogP contribution is 2.32. The molecular weight excluding hydrogens is 440 g/mol. The Morgan fingerprint density at radius 3 is 2.66 bits per heavy atom. The van der Waals surface area contributed by atoms with Gasteiger partial charge in [0.25, 0.3) is 0 Å². The topological polar surface area (TPSA) is 76.4 Å². The standard InChI is InChI=1S/C27H28N6O2/c1-31(2)15-6-9-25(34)32-16-14-21(18-32)33-27-24(17-28-19-29-27)26(30-33)20-10-12-23(13-11-20)35-22-7-4-3-5-8-22/h3-13,17,19,21H,14-16,18H2,1-2H3/b9-6+/t21-/m0/s1. The van der Waals surface area contributed by atoms with Crippen molar-refractivity contribution < 1.29 is 9.53 Å². The molecule has 1 atom stereocenters. The molecule has 0 unspecified atom stereocenters. The highest BCUT2D eigenvalue weighted by Gasteiger charge is 2.29. The van der Waals surface area contributed by atoms with E-state index < -0.39 is 0 Å². The van der Waals surface area contributed by atoms with Crippen molar-refractivity contribution in [2.24, 2.45) is 0 Å². The smallest absolute Gasteiger partial charge is 0.246 e. The van der Waals surface area contributed by atoms with E-state index in [0.29, 0.717) is 13.1 Å². The summed E-state index contributed by atoms with van der Waals surface area (Å²) in [4.78, 5) is 25.3. The molecular formula is C27H28N6O2. The minimum absolute atomic E-state index is 0.0367. The van der Waals surface area contributed by atoms with E-state index in [4.69, 9.17) is 9.84 Å². The lowest BCUT2D eigenvalue weighted by atomic mass is 10.1. The summed E-state index contributed by atoms with van der Waals surface area (Å²) < 4.78 is 7.88. The molecule has 0 radical (unpaired) electrons. The highest BCUT2D eigenvalue weighted by molar-refractivity contribution is 5.91. The average Bonchev–Trinajstić information content (AvgIpc) is 3.50. The summed E-state index contributed by atoms with van der Waals surface area (Å²) in [5, 5.41) is 5.83. The van der Waals surface area contributed by atoms with Gasteiger partial charge in [-0.15, -0.1) is 0 Å². The molecule has 1 saturated heterocycles. The van der Waals surface area contributed by atoms with Gasteiger partial charge >= 0.3 is 0 Å². The molecule has 178 valence electrons. The van der Waals surface area contributed by atoms with E-state index in [1.807, 2.05) is 89.3 Å². The van der Waals surface area contributed by atoms with Gasteiger partial charge in [-0.05, 0) is 56.9 Å². The second-order valence-electron chi connectivity index (χ2n) is 8.88. The first-order valence-corrected chi connectivity index (χ1v) is 11.7. The number of amides is 1. The van der Waals surface area contributed by atoms with Crippen molar-refractivity contribution in [2.45, 2.75) is 12.5 Å². The number of aromatic nitrogens is 4. The van der Waals surface area contributed by atoms with Crippen LogP contribution in [-0.4, -0.2) is 69.2 Å². The molecule has 2 aromatic carbocycles. The number of hydrogen-bond acceptors (Lipinski definition) is 6. The van der Waals surface area contributed by atoms with Crippen molar-refractivity contribution in [1.82, 2.24) is 29.5 Å². The number of carbonyl (C=O) groups excluding carboxylic acids is 1. The number of rotatable bonds is 7. The zero-order valence-corrected chi connectivity index (χ0v) is 19.9. The van der Waals surface area contributed by atoms with Crippen LogP contribution in [0.1, 0.15) is 12.5 Å². The molecule has 1 aliphatic rings. The van der Waals surface area contributed by atoms with Gasteiger partial charge in [0.15, 0.2) is 5.65 Å². The van der Waals surface area contributed by atoms with Crippen LogP contribution in [0.4, 0.5) is 0 Å². The maximum absolute atomic E-state index is 12.6. The molecule has 0 spiro atoms. The minimum Gasteiger partial charge on any atom is -0.457 e. The van der Waals surface area contributed by atoms with Gasteiger partial charge in [-0.25, -0.2) is 14.6 Å². The Morgan fingerprint density at radius 2 is 1.89 bits per heavy atom. The fraction of sp³-hybridized carbons (Fsp3) is 0.259. The Labute approximate surface area is 204 Å². The Hall–Kier alpha value is -4.04. The zero-order valence-electron chi connectivity index (χ0n) is 19.9. The molecule has 8 nitrogen and oxygen atoms in total. The summed E-state index contributed by atoms with van der Waals surface area (Å²) in [6, 6.07) is 17.6. The second kappa shape index (κ2) is 10.1. The Bertz CT molecular complexity index is 1330. The molecule has 4 aromatic rings.